The molecule has 1 aromatic carbocycles. The summed E-state index contributed by atoms with van der Waals surface area (Å²) in [6, 6.07) is 3.82. The first kappa shape index (κ1) is 9.90. The predicted molar refractivity (Wildman–Crippen MR) is 58.7 cm³/mol. The Kier molecular flexibility index (Phi) is 2.24. The summed E-state index contributed by atoms with van der Waals surface area (Å²) < 4.78 is 0. The van der Waals surface area contributed by atoms with Gasteiger partial charge in [0.1, 0.15) is 0 Å². The lowest BCUT2D eigenvalue weighted by atomic mass is 9.83. The molecule has 2 heteroatoms. The molecule has 0 aromatic heterocycles. The zero-order valence-corrected chi connectivity index (χ0v) is 8.81. The van der Waals surface area contributed by atoms with Gasteiger partial charge in [0.15, 0.2) is 0 Å². The summed E-state index contributed by atoms with van der Waals surface area (Å²) in [6.45, 7) is 8.52. The van der Waals surface area contributed by atoms with E-state index in [1.807, 2.05) is 19.1 Å². The predicted octanol–water partition coefficient (Wildman–Crippen LogP) is 2.46. The second-order valence-corrected chi connectivity index (χ2v) is 4.53. The van der Waals surface area contributed by atoms with Gasteiger partial charge in [0.2, 0.25) is 0 Å². The van der Waals surface area contributed by atoms with Crippen molar-refractivity contribution >= 4 is 11.4 Å². The third kappa shape index (κ3) is 1.94. The molecule has 0 aliphatic rings. The zero-order chi connectivity index (χ0) is 10.2. The number of benzene rings is 1. The fraction of sp³-hybridized carbons (Fsp3) is 0.455. The average Bonchev–Trinajstić information content (AvgIpc) is 1.94. The number of hydrogen-bond acceptors (Lipinski definition) is 2. The summed E-state index contributed by atoms with van der Waals surface area (Å²) in [6.07, 6.45) is 0. The first-order chi connectivity index (χ1) is 5.82. The highest BCUT2D eigenvalue weighted by Gasteiger charge is 2.17. The van der Waals surface area contributed by atoms with E-state index in [1.54, 1.807) is 0 Å². The van der Waals surface area contributed by atoms with Crippen LogP contribution in [0.2, 0.25) is 0 Å². The molecule has 2 nitrogen and oxygen atoms in total. The third-order valence-electron chi connectivity index (χ3n) is 2.28. The second-order valence-electron chi connectivity index (χ2n) is 4.53. The van der Waals surface area contributed by atoms with E-state index in [0.29, 0.717) is 0 Å². The minimum atomic E-state index is 0.105. The summed E-state index contributed by atoms with van der Waals surface area (Å²) in [5.74, 6) is 0. The maximum atomic E-state index is 5.84. The molecule has 0 unspecified atom stereocenters. The van der Waals surface area contributed by atoms with Gasteiger partial charge in [-0.25, -0.2) is 0 Å². The highest BCUT2D eigenvalue weighted by molar-refractivity contribution is 5.61. The van der Waals surface area contributed by atoms with Gasteiger partial charge in [0, 0.05) is 11.4 Å². The fourth-order valence-electron chi connectivity index (χ4n) is 1.54. The maximum absolute atomic E-state index is 5.84. The van der Waals surface area contributed by atoms with Gasteiger partial charge in [-0.1, -0.05) is 20.8 Å². The van der Waals surface area contributed by atoms with E-state index >= 15 is 0 Å². The van der Waals surface area contributed by atoms with E-state index in [2.05, 4.69) is 20.8 Å². The normalized spacial score (nSPS) is 11.7. The monoisotopic (exact) mass is 178 g/mol. The van der Waals surface area contributed by atoms with Gasteiger partial charge in [0.25, 0.3) is 0 Å². The van der Waals surface area contributed by atoms with Crippen molar-refractivity contribution in [1.29, 1.82) is 0 Å². The lowest BCUT2D eigenvalue weighted by Gasteiger charge is -2.23. The van der Waals surface area contributed by atoms with Gasteiger partial charge >= 0.3 is 0 Å². The Bertz CT molecular complexity index is 322. The smallest absolute Gasteiger partial charge is 0.0367 e. The van der Waals surface area contributed by atoms with Crippen LogP contribution >= 0.6 is 0 Å². The molecular formula is C11H18N2. The molecule has 0 fully saturated rings. The van der Waals surface area contributed by atoms with Crippen LogP contribution < -0.4 is 11.5 Å². The van der Waals surface area contributed by atoms with E-state index in [4.69, 9.17) is 11.5 Å². The zero-order valence-electron chi connectivity index (χ0n) is 8.81. The first-order valence-corrected chi connectivity index (χ1v) is 4.48. The van der Waals surface area contributed by atoms with Crippen LogP contribution in [0.15, 0.2) is 12.1 Å². The molecular weight excluding hydrogens is 160 g/mol. The van der Waals surface area contributed by atoms with E-state index < -0.39 is 0 Å². The van der Waals surface area contributed by atoms with Crippen LogP contribution in [0.1, 0.15) is 31.9 Å². The van der Waals surface area contributed by atoms with E-state index in [9.17, 15) is 0 Å². The Morgan fingerprint density at radius 1 is 1.08 bits per heavy atom. The summed E-state index contributed by atoms with van der Waals surface area (Å²) >= 11 is 0. The van der Waals surface area contributed by atoms with Gasteiger partial charge in [0.05, 0.1) is 0 Å². The number of nitrogens with two attached hydrogens (primary N) is 2. The van der Waals surface area contributed by atoms with Gasteiger partial charge in [-0.3, -0.25) is 0 Å². The molecule has 1 rings (SSSR count). The Balaban J connectivity index is 3.37. The fourth-order valence-corrected chi connectivity index (χ4v) is 1.54. The van der Waals surface area contributed by atoms with Gasteiger partial charge in [-0.15, -0.1) is 0 Å². The van der Waals surface area contributed by atoms with E-state index in [1.165, 1.54) is 5.56 Å². The van der Waals surface area contributed by atoms with E-state index in [-0.39, 0.29) is 5.41 Å². The standard InChI is InChI=1S/C11H18N2/c1-7-9(11(2,3)4)5-8(12)6-10(7)13/h5-6H,12-13H2,1-4H3. The Morgan fingerprint density at radius 3 is 2.08 bits per heavy atom. The molecule has 0 aliphatic heterocycles. The summed E-state index contributed by atoms with van der Waals surface area (Å²) in [5, 5.41) is 0. The highest BCUT2D eigenvalue weighted by atomic mass is 14.6. The minimum Gasteiger partial charge on any atom is -0.399 e. The second kappa shape index (κ2) is 2.95. The lowest BCUT2D eigenvalue weighted by molar-refractivity contribution is 0.587. The molecule has 0 radical (unpaired) electrons. The molecule has 0 saturated heterocycles. The molecule has 72 valence electrons. The SMILES string of the molecule is Cc1c(N)cc(N)cc1C(C)(C)C. The molecule has 0 heterocycles. The van der Waals surface area contributed by atoms with Crippen LogP contribution in [0, 0.1) is 6.92 Å². The number of rotatable bonds is 0. The minimum absolute atomic E-state index is 0.105. The van der Waals surface area contributed by atoms with Gasteiger partial charge in [-0.05, 0) is 35.6 Å². The largest absolute Gasteiger partial charge is 0.399 e. The Morgan fingerprint density at radius 2 is 1.62 bits per heavy atom. The van der Waals surface area contributed by atoms with Crippen LogP contribution in [0.4, 0.5) is 11.4 Å². The molecule has 0 spiro atoms. The summed E-state index contributed by atoms with van der Waals surface area (Å²) in [7, 11) is 0. The van der Waals surface area contributed by atoms with Crippen molar-refractivity contribution in [2.24, 2.45) is 0 Å². The topological polar surface area (TPSA) is 52.0 Å². The first-order valence-electron chi connectivity index (χ1n) is 4.48. The lowest BCUT2D eigenvalue weighted by Crippen LogP contribution is -2.14. The molecule has 0 amide bonds. The van der Waals surface area contributed by atoms with Crippen LogP contribution in [0.5, 0.6) is 0 Å². The average molecular weight is 178 g/mol. The molecule has 1 aromatic rings. The Labute approximate surface area is 79.9 Å². The summed E-state index contributed by atoms with van der Waals surface area (Å²) in [4.78, 5) is 0. The highest BCUT2D eigenvalue weighted by Crippen LogP contribution is 2.30. The van der Waals surface area contributed by atoms with Crippen molar-refractivity contribution in [3.8, 4) is 0 Å². The molecule has 0 saturated carbocycles. The quantitative estimate of drug-likeness (QED) is 0.599. The maximum Gasteiger partial charge on any atom is 0.0367 e. The Hall–Kier alpha value is -1.18. The van der Waals surface area contributed by atoms with Crippen molar-refractivity contribution in [1.82, 2.24) is 0 Å². The number of nitrogen functional groups attached to an aromatic ring is 2. The molecule has 0 atom stereocenters. The third-order valence-corrected chi connectivity index (χ3v) is 2.28. The van der Waals surface area contributed by atoms with E-state index in [0.717, 1.165) is 16.9 Å². The van der Waals surface area contributed by atoms with Crippen molar-refractivity contribution in [2.75, 3.05) is 11.5 Å². The molecule has 4 N–H and O–H groups in total. The van der Waals surface area contributed by atoms with Crippen molar-refractivity contribution in [3.63, 3.8) is 0 Å². The van der Waals surface area contributed by atoms with Crippen LogP contribution in [0.25, 0.3) is 0 Å². The van der Waals surface area contributed by atoms with Crippen LogP contribution in [-0.2, 0) is 5.41 Å². The van der Waals surface area contributed by atoms with Gasteiger partial charge in [-0.2, -0.15) is 0 Å². The number of anilines is 2. The molecule has 0 aliphatic carbocycles. The molecule has 13 heavy (non-hydrogen) atoms. The van der Waals surface area contributed by atoms with Crippen LogP contribution in [-0.4, -0.2) is 0 Å². The van der Waals surface area contributed by atoms with Crippen molar-refractivity contribution in [3.05, 3.63) is 23.3 Å². The van der Waals surface area contributed by atoms with Gasteiger partial charge < -0.3 is 11.5 Å². The van der Waals surface area contributed by atoms with Crippen molar-refractivity contribution in [2.45, 2.75) is 33.1 Å². The van der Waals surface area contributed by atoms with Crippen LogP contribution in [0.3, 0.4) is 0 Å². The molecule has 0 bridgehead atoms. The van der Waals surface area contributed by atoms with Crippen molar-refractivity contribution < 1.29 is 0 Å². The number of hydrogen-bond donors (Lipinski definition) is 2. The summed E-state index contributed by atoms with van der Waals surface area (Å²) in [5.41, 5.74) is 15.6.